The number of hydrogen-bond donors (Lipinski definition) is 0. The number of rotatable bonds is 10. The van der Waals surface area contributed by atoms with Gasteiger partial charge in [0.25, 0.3) is 0 Å². The van der Waals surface area contributed by atoms with Gasteiger partial charge in [0.15, 0.2) is 0 Å². The molecule has 1 saturated heterocycles. The molecule has 1 rings (SSSR count). The molecule has 0 N–H and O–H groups in total. The zero-order valence-corrected chi connectivity index (χ0v) is 20.5. The molecule has 1 heterocycles. The van der Waals surface area contributed by atoms with Crippen molar-refractivity contribution in [3.8, 4) is 0 Å². The molecule has 1 atom stereocenters. The van der Waals surface area contributed by atoms with Gasteiger partial charge < -0.3 is 0 Å². The topological polar surface area (TPSA) is 29.5 Å². The summed E-state index contributed by atoms with van der Waals surface area (Å²) in [5.41, 5.74) is 0. The van der Waals surface area contributed by atoms with Crippen molar-refractivity contribution >= 4 is 29.0 Å². The summed E-state index contributed by atoms with van der Waals surface area (Å²) >= 11 is -1.77. The third-order valence-corrected chi connectivity index (χ3v) is 23.9. The molecule has 0 amide bonds. The van der Waals surface area contributed by atoms with Crippen molar-refractivity contribution in [2.24, 2.45) is 0 Å². The van der Waals surface area contributed by atoms with Gasteiger partial charge in [-0.15, -0.1) is 0 Å². The summed E-state index contributed by atoms with van der Waals surface area (Å²) in [5, 5.41) is 5.33. The molecule has 23 heavy (non-hydrogen) atoms. The molecule has 6 heteroatoms. The maximum absolute atomic E-state index is 13.7. The Kier molecular flexibility index (Phi) is 9.13. The Morgan fingerprint density at radius 3 is 1.96 bits per heavy atom. The molecule has 0 bridgehead atoms. The summed E-state index contributed by atoms with van der Waals surface area (Å²) in [5.74, 6) is 0. The van der Waals surface area contributed by atoms with E-state index >= 15 is 0 Å². The van der Waals surface area contributed by atoms with Gasteiger partial charge in [-0.25, -0.2) is 0 Å². The fourth-order valence-electron chi connectivity index (χ4n) is 3.74. The van der Waals surface area contributed by atoms with E-state index in [2.05, 4.69) is 45.3 Å². The summed E-state index contributed by atoms with van der Waals surface area (Å²) < 4.78 is 20.0. The van der Waals surface area contributed by atoms with Crippen LogP contribution in [-0.2, 0) is 8.78 Å². The molecule has 0 spiro atoms. The molecular formula is C17H40GeNO2PSi. The molecule has 0 aromatic rings. The van der Waals surface area contributed by atoms with Crippen LogP contribution in [0.2, 0.25) is 40.7 Å². The molecule has 1 aliphatic heterocycles. The molecule has 0 aliphatic carbocycles. The van der Waals surface area contributed by atoms with Gasteiger partial charge >= 0.3 is 149 Å². The Labute approximate surface area is 148 Å². The summed E-state index contributed by atoms with van der Waals surface area (Å²) in [6.07, 6.45) is 5.41. The van der Waals surface area contributed by atoms with E-state index in [1.54, 1.807) is 0 Å². The van der Waals surface area contributed by atoms with Crippen molar-refractivity contribution in [3.63, 3.8) is 0 Å². The standard InChI is InChI=1S/C17H40GeNO2PSi/c1-7-18(8-2,9-3)13-16-22(20,21-23(4,5)6)17-19-14-11-10-12-15-19/h7-17H2,1-6H3. The van der Waals surface area contributed by atoms with Gasteiger partial charge in [-0.2, -0.15) is 0 Å². The van der Waals surface area contributed by atoms with E-state index in [0.29, 0.717) is 6.29 Å². The van der Waals surface area contributed by atoms with Gasteiger partial charge in [-0.05, 0) is 0 Å². The van der Waals surface area contributed by atoms with Crippen LogP contribution in [0, 0.1) is 0 Å². The summed E-state index contributed by atoms with van der Waals surface area (Å²) in [7, 11) is -4.28. The second kappa shape index (κ2) is 9.56. The molecule has 0 aromatic heterocycles. The molecular weight excluding hydrogens is 382 g/mol. The Morgan fingerprint density at radius 1 is 1.00 bits per heavy atom. The predicted octanol–water partition coefficient (Wildman–Crippen LogP) is 6.07. The first-order chi connectivity index (χ1) is 10.7. The number of hydrogen-bond acceptors (Lipinski definition) is 3. The van der Waals surface area contributed by atoms with Gasteiger partial charge in [0, 0.05) is 0 Å². The predicted molar refractivity (Wildman–Crippen MR) is 109 cm³/mol. The minimum absolute atomic E-state index is 0.715. The van der Waals surface area contributed by atoms with E-state index in [1.807, 2.05) is 0 Å². The van der Waals surface area contributed by atoms with Crippen LogP contribution in [0.15, 0.2) is 0 Å². The first-order valence-corrected chi connectivity index (χ1v) is 21.0. The maximum atomic E-state index is 13.7. The van der Waals surface area contributed by atoms with E-state index in [1.165, 1.54) is 40.3 Å². The van der Waals surface area contributed by atoms with Crippen molar-refractivity contribution in [2.75, 3.05) is 25.5 Å². The van der Waals surface area contributed by atoms with Crippen LogP contribution in [0.1, 0.15) is 40.0 Å². The van der Waals surface area contributed by atoms with Crippen LogP contribution in [-0.4, -0.2) is 52.0 Å². The average molecular weight is 422 g/mol. The average Bonchev–Trinajstić information content (AvgIpc) is 2.48. The van der Waals surface area contributed by atoms with E-state index in [0.717, 1.165) is 19.3 Å². The molecule has 1 fully saturated rings. The van der Waals surface area contributed by atoms with Crippen molar-refractivity contribution in [3.05, 3.63) is 0 Å². The second-order valence-corrected chi connectivity index (χ2v) is 27.5. The van der Waals surface area contributed by atoms with Gasteiger partial charge in [-0.3, -0.25) is 0 Å². The van der Waals surface area contributed by atoms with Crippen molar-refractivity contribution in [2.45, 2.75) is 80.7 Å². The van der Waals surface area contributed by atoms with Crippen LogP contribution in [0.4, 0.5) is 0 Å². The van der Waals surface area contributed by atoms with Crippen molar-refractivity contribution < 1.29 is 8.78 Å². The fraction of sp³-hybridized carbons (Fsp3) is 1.00. The Balaban J connectivity index is 2.80. The van der Waals surface area contributed by atoms with Gasteiger partial charge in [0.2, 0.25) is 0 Å². The van der Waals surface area contributed by atoms with E-state index in [4.69, 9.17) is 4.21 Å². The third-order valence-electron chi connectivity index (χ3n) is 5.54. The zero-order chi connectivity index (χ0) is 17.6. The second-order valence-electron chi connectivity index (χ2n) is 8.37. The summed E-state index contributed by atoms with van der Waals surface area (Å²) in [6, 6.07) is 0. The van der Waals surface area contributed by atoms with Crippen LogP contribution in [0.25, 0.3) is 0 Å². The Hall–Kier alpha value is 0.910. The molecule has 1 unspecified atom stereocenters. The fourth-order valence-corrected chi connectivity index (χ4v) is 20.7. The molecule has 0 saturated carbocycles. The monoisotopic (exact) mass is 423 g/mol. The summed E-state index contributed by atoms with van der Waals surface area (Å²) in [6.45, 7) is 15.9. The molecule has 0 aromatic carbocycles. The number of likely N-dealkylation sites (tertiary alicyclic amines) is 1. The Bertz CT molecular complexity index is 382. The third kappa shape index (κ3) is 7.77. The zero-order valence-electron chi connectivity index (χ0n) is 16.5. The normalized spacial score (nSPS) is 20.4. The van der Waals surface area contributed by atoms with Crippen LogP contribution in [0.3, 0.4) is 0 Å². The van der Waals surface area contributed by atoms with E-state index in [-0.39, 0.29) is 0 Å². The first kappa shape index (κ1) is 22.0. The number of nitrogens with zero attached hydrogens (tertiary/aromatic N) is 1. The minimum atomic E-state index is -2.51. The molecule has 3 nitrogen and oxygen atoms in total. The van der Waals surface area contributed by atoms with E-state index in [9.17, 15) is 4.57 Å². The SMILES string of the molecule is C[CH2][Ge]([CH2]C)([CH2]C)[CH2]CP(=O)(CN1CCCCC1)O[Si](C)(C)C. The first-order valence-electron chi connectivity index (χ1n) is 9.69. The Morgan fingerprint density at radius 2 is 1.52 bits per heavy atom. The van der Waals surface area contributed by atoms with Crippen LogP contribution >= 0.6 is 7.37 Å². The molecule has 1 aliphatic rings. The van der Waals surface area contributed by atoms with Gasteiger partial charge in [0.1, 0.15) is 0 Å². The van der Waals surface area contributed by atoms with E-state index < -0.39 is 29.0 Å². The molecule has 0 radical (unpaired) electrons. The van der Waals surface area contributed by atoms with Crippen LogP contribution < -0.4 is 0 Å². The number of piperidine rings is 1. The molecule has 138 valence electrons. The van der Waals surface area contributed by atoms with Gasteiger partial charge in [0.05, 0.1) is 0 Å². The van der Waals surface area contributed by atoms with Crippen molar-refractivity contribution in [1.29, 1.82) is 0 Å². The van der Waals surface area contributed by atoms with Gasteiger partial charge in [-0.1, -0.05) is 0 Å². The quantitative estimate of drug-likeness (QED) is 0.316. The van der Waals surface area contributed by atoms with Crippen LogP contribution in [0.5, 0.6) is 0 Å². The summed E-state index contributed by atoms with van der Waals surface area (Å²) in [4.78, 5) is 2.42. The van der Waals surface area contributed by atoms with Crippen molar-refractivity contribution in [1.82, 2.24) is 4.90 Å².